The molecule has 0 unspecified atom stereocenters. The minimum atomic E-state index is 0.705. The zero-order valence-corrected chi connectivity index (χ0v) is 7.13. The molecular formula is C8H16S. The van der Waals surface area contributed by atoms with Gasteiger partial charge in [-0.1, -0.05) is 25.8 Å². The van der Waals surface area contributed by atoms with Crippen LogP contribution in [0.3, 0.4) is 0 Å². The van der Waals surface area contributed by atoms with Crippen molar-refractivity contribution < 1.29 is 1.37 Å². The molecule has 0 aliphatic carbocycles. The molecule has 0 rings (SSSR count). The van der Waals surface area contributed by atoms with Gasteiger partial charge < -0.3 is 0 Å². The highest BCUT2D eigenvalue weighted by Gasteiger charge is 1.79. The predicted molar refractivity (Wildman–Crippen MR) is 46.8 cm³/mol. The Bertz CT molecular complexity index is 99.4. The molecule has 0 aromatic carbocycles. The normalized spacial score (nSPS) is 13.6. The number of allylic oxidation sites excluding steroid dienone is 1. The van der Waals surface area contributed by atoms with Crippen molar-refractivity contribution in [3.05, 3.63) is 11.5 Å². The van der Waals surface area contributed by atoms with Gasteiger partial charge in [0.15, 0.2) is 0 Å². The Balaban J connectivity index is 3.16. The maximum absolute atomic E-state index is 7.28. The summed E-state index contributed by atoms with van der Waals surface area (Å²) in [7, 11) is 0. The van der Waals surface area contributed by atoms with Gasteiger partial charge >= 0.3 is 0 Å². The van der Waals surface area contributed by atoms with E-state index >= 15 is 0 Å². The molecular weight excluding hydrogens is 128 g/mol. The summed E-state index contributed by atoms with van der Waals surface area (Å²) in [6, 6.07) is 0. The van der Waals surface area contributed by atoms with Gasteiger partial charge in [0.25, 0.3) is 0 Å². The Morgan fingerprint density at radius 1 is 1.56 bits per heavy atom. The Labute approximate surface area is 64.1 Å². The van der Waals surface area contributed by atoms with Crippen molar-refractivity contribution in [2.45, 2.75) is 32.6 Å². The monoisotopic (exact) mass is 145 g/mol. The first-order valence-corrected chi connectivity index (χ1v) is 4.74. The molecule has 0 amide bonds. The molecule has 0 atom stereocenters. The van der Waals surface area contributed by atoms with Crippen LogP contribution in [0.5, 0.6) is 0 Å². The third-order valence-corrected chi connectivity index (χ3v) is 1.56. The first kappa shape index (κ1) is 7.20. The Morgan fingerprint density at radius 3 is 2.89 bits per heavy atom. The lowest BCUT2D eigenvalue weighted by molar-refractivity contribution is 0.729. The number of thioether (sulfide) groups is 1. The predicted octanol–water partition coefficient (Wildman–Crippen LogP) is 3.44. The topological polar surface area (TPSA) is 0 Å². The molecule has 0 aromatic heterocycles. The summed E-state index contributed by atoms with van der Waals surface area (Å²) in [5.74, 6) is 0. The van der Waals surface area contributed by atoms with Crippen LogP contribution in [-0.4, -0.2) is 6.26 Å². The molecule has 0 fully saturated rings. The lowest BCUT2D eigenvalue weighted by atomic mass is 10.2. The van der Waals surface area contributed by atoms with Crippen molar-refractivity contribution in [2.75, 3.05) is 6.26 Å². The van der Waals surface area contributed by atoms with Crippen LogP contribution in [0, 0.1) is 0 Å². The summed E-state index contributed by atoms with van der Waals surface area (Å²) in [6.07, 6.45) is 8.81. The second-order valence-corrected chi connectivity index (χ2v) is 2.67. The van der Waals surface area contributed by atoms with Crippen molar-refractivity contribution in [1.29, 1.82) is 0 Å². The van der Waals surface area contributed by atoms with E-state index in [-0.39, 0.29) is 0 Å². The van der Waals surface area contributed by atoms with Gasteiger partial charge in [0.2, 0.25) is 0 Å². The van der Waals surface area contributed by atoms with Gasteiger partial charge in [0.1, 0.15) is 0 Å². The van der Waals surface area contributed by atoms with Crippen molar-refractivity contribution in [3.63, 3.8) is 0 Å². The second kappa shape index (κ2) is 8.09. The zero-order chi connectivity index (χ0) is 7.82. The first-order valence-electron chi connectivity index (χ1n) is 4.02. The standard InChI is InChI=1S/C8H16S/c1-3-4-5-6-7-8-9-2/h7-8H,3-6H2,1-2H3/b8-7-/i8D. The van der Waals surface area contributed by atoms with Crippen LogP contribution in [0.4, 0.5) is 0 Å². The van der Waals surface area contributed by atoms with Crippen molar-refractivity contribution in [3.8, 4) is 0 Å². The average Bonchev–Trinajstić information content (AvgIpc) is 1.98. The van der Waals surface area contributed by atoms with Gasteiger partial charge in [-0.15, -0.1) is 11.8 Å². The number of rotatable bonds is 5. The number of hydrogen-bond donors (Lipinski definition) is 0. The van der Waals surface area contributed by atoms with E-state index in [1.54, 1.807) is 0 Å². The number of hydrogen-bond acceptors (Lipinski definition) is 1. The Hall–Kier alpha value is 0.0900. The van der Waals surface area contributed by atoms with Crippen LogP contribution in [0.2, 0.25) is 0 Å². The minimum absolute atomic E-state index is 0.705. The van der Waals surface area contributed by atoms with Gasteiger partial charge in [-0.05, 0) is 24.5 Å². The summed E-state index contributed by atoms with van der Waals surface area (Å²) in [5.41, 5.74) is 0. The highest BCUT2D eigenvalue weighted by molar-refractivity contribution is 8.01. The van der Waals surface area contributed by atoms with Gasteiger partial charge in [-0.25, -0.2) is 0 Å². The highest BCUT2D eigenvalue weighted by Crippen LogP contribution is 2.02. The van der Waals surface area contributed by atoms with E-state index < -0.39 is 0 Å². The molecule has 0 radical (unpaired) electrons. The molecule has 0 saturated carbocycles. The molecule has 0 N–H and O–H groups in total. The van der Waals surface area contributed by atoms with Crippen LogP contribution in [-0.2, 0) is 0 Å². The van der Waals surface area contributed by atoms with Crippen molar-refractivity contribution >= 4 is 11.8 Å². The van der Waals surface area contributed by atoms with E-state index in [4.69, 9.17) is 1.37 Å². The van der Waals surface area contributed by atoms with E-state index in [1.165, 1.54) is 31.0 Å². The maximum atomic E-state index is 7.28. The van der Waals surface area contributed by atoms with Crippen LogP contribution in [0.1, 0.15) is 34.0 Å². The third-order valence-electron chi connectivity index (χ3n) is 1.15. The molecule has 0 nitrogen and oxygen atoms in total. The zero-order valence-electron chi connectivity index (χ0n) is 7.31. The maximum Gasteiger partial charge on any atom is 0.0694 e. The fourth-order valence-corrected chi connectivity index (χ4v) is 0.923. The summed E-state index contributed by atoms with van der Waals surface area (Å²) in [5, 5.41) is 0.705. The molecule has 0 aromatic rings. The lowest BCUT2D eigenvalue weighted by Gasteiger charge is -1.89. The fraction of sp³-hybridized carbons (Fsp3) is 0.750. The molecule has 9 heavy (non-hydrogen) atoms. The smallest absolute Gasteiger partial charge is 0.0694 e. The van der Waals surface area contributed by atoms with E-state index in [0.29, 0.717) is 5.38 Å². The van der Waals surface area contributed by atoms with Crippen molar-refractivity contribution in [2.24, 2.45) is 0 Å². The summed E-state index contributed by atoms with van der Waals surface area (Å²) < 4.78 is 7.28. The van der Waals surface area contributed by atoms with Gasteiger partial charge in [-0.3, -0.25) is 0 Å². The van der Waals surface area contributed by atoms with E-state index in [0.717, 1.165) is 6.42 Å². The van der Waals surface area contributed by atoms with Crippen LogP contribution < -0.4 is 0 Å². The molecule has 0 bridgehead atoms. The van der Waals surface area contributed by atoms with E-state index in [2.05, 4.69) is 6.92 Å². The van der Waals surface area contributed by atoms with Crippen LogP contribution in [0.15, 0.2) is 11.5 Å². The molecule has 0 heterocycles. The quantitative estimate of drug-likeness (QED) is 0.534. The largest absolute Gasteiger partial charge is 0.138 e. The van der Waals surface area contributed by atoms with Gasteiger partial charge in [0.05, 0.1) is 1.37 Å². The van der Waals surface area contributed by atoms with E-state index in [9.17, 15) is 0 Å². The van der Waals surface area contributed by atoms with Crippen LogP contribution >= 0.6 is 11.8 Å². The van der Waals surface area contributed by atoms with E-state index in [1.807, 2.05) is 12.3 Å². The Kier molecular flexibility index (Phi) is 6.47. The molecule has 0 aliphatic rings. The summed E-state index contributed by atoms with van der Waals surface area (Å²) in [6.45, 7) is 2.19. The van der Waals surface area contributed by atoms with Crippen molar-refractivity contribution in [1.82, 2.24) is 0 Å². The first-order chi connectivity index (χ1) is 4.81. The highest BCUT2D eigenvalue weighted by atomic mass is 32.2. The van der Waals surface area contributed by atoms with Crippen LogP contribution in [0.25, 0.3) is 0 Å². The number of unbranched alkanes of at least 4 members (excludes halogenated alkanes) is 3. The molecule has 0 aliphatic heterocycles. The summed E-state index contributed by atoms with van der Waals surface area (Å²) >= 11 is 1.51. The van der Waals surface area contributed by atoms with Gasteiger partial charge in [-0.2, -0.15) is 0 Å². The SMILES string of the molecule is [2H]/C(=C/CCCCC)SC. The Morgan fingerprint density at radius 2 is 2.33 bits per heavy atom. The van der Waals surface area contributed by atoms with Gasteiger partial charge in [0, 0.05) is 0 Å². The fourth-order valence-electron chi connectivity index (χ4n) is 0.639. The third kappa shape index (κ3) is 8.09. The summed E-state index contributed by atoms with van der Waals surface area (Å²) in [4.78, 5) is 0. The molecule has 0 saturated heterocycles. The molecule has 0 spiro atoms. The molecule has 54 valence electrons. The average molecular weight is 145 g/mol. The second-order valence-electron chi connectivity index (χ2n) is 2.02. The lowest BCUT2D eigenvalue weighted by Crippen LogP contribution is -1.69. The molecule has 1 heteroatoms. The minimum Gasteiger partial charge on any atom is -0.138 e.